The minimum atomic E-state index is -0.371. The van der Waals surface area contributed by atoms with Crippen LogP contribution in [0.2, 0.25) is 0 Å². The molecule has 0 aliphatic carbocycles. The van der Waals surface area contributed by atoms with Gasteiger partial charge in [0.2, 0.25) is 0 Å². The number of anilines is 2. The molecule has 6 heteroatoms. The van der Waals surface area contributed by atoms with Crippen LogP contribution in [0.1, 0.15) is 46.8 Å². The highest BCUT2D eigenvalue weighted by Gasteiger charge is 2.12. The number of carbonyl (C=O) groups excluding carboxylic acids is 1. The minimum absolute atomic E-state index is 0.223. The van der Waals surface area contributed by atoms with Gasteiger partial charge in [-0.2, -0.15) is 0 Å². The maximum atomic E-state index is 12.6. The number of ether oxygens (including phenoxy) is 1. The molecule has 1 aromatic heterocycles. The molecule has 3 aromatic carbocycles. The lowest BCUT2D eigenvalue weighted by atomic mass is 9.95. The molecule has 0 saturated heterocycles. The Kier molecular flexibility index (Phi) is 6.68. The summed E-state index contributed by atoms with van der Waals surface area (Å²) in [5, 5.41) is 7.14. The Morgan fingerprint density at radius 3 is 2.47 bits per heavy atom. The molecule has 2 N–H and O–H groups in total. The van der Waals surface area contributed by atoms with Gasteiger partial charge in [-0.3, -0.25) is 4.79 Å². The van der Waals surface area contributed by atoms with Gasteiger partial charge in [0.15, 0.2) is 0 Å². The number of hydrogen-bond donors (Lipinski definition) is 2. The molecule has 174 valence electrons. The second kappa shape index (κ2) is 9.83. The largest absolute Gasteiger partial charge is 0.495 e. The quantitative estimate of drug-likeness (QED) is 0.329. The van der Waals surface area contributed by atoms with E-state index < -0.39 is 0 Å². The van der Waals surface area contributed by atoms with Crippen LogP contribution in [-0.2, 0) is 6.54 Å². The SMILES string of the molecule is COc1ccccc1NC(=O)c1ccc(NCc2cc(=O)oc3cc(C)c(C(C)C)cc23)cc1. The molecule has 4 aromatic rings. The summed E-state index contributed by atoms with van der Waals surface area (Å²) in [5.41, 5.74) is 5.41. The van der Waals surface area contributed by atoms with Crippen LogP contribution in [0.25, 0.3) is 11.0 Å². The average molecular weight is 457 g/mol. The van der Waals surface area contributed by atoms with Gasteiger partial charge in [0, 0.05) is 29.2 Å². The summed E-state index contributed by atoms with van der Waals surface area (Å²) in [6.45, 7) is 6.79. The monoisotopic (exact) mass is 456 g/mol. The maximum Gasteiger partial charge on any atom is 0.336 e. The van der Waals surface area contributed by atoms with E-state index in [4.69, 9.17) is 9.15 Å². The zero-order chi connectivity index (χ0) is 24.2. The van der Waals surface area contributed by atoms with Crippen molar-refractivity contribution in [2.24, 2.45) is 0 Å². The highest BCUT2D eigenvalue weighted by Crippen LogP contribution is 2.27. The summed E-state index contributed by atoms with van der Waals surface area (Å²) in [5.74, 6) is 0.746. The molecule has 0 fully saturated rings. The van der Waals surface area contributed by atoms with Crippen molar-refractivity contribution in [3.8, 4) is 5.75 Å². The molecule has 0 spiro atoms. The summed E-state index contributed by atoms with van der Waals surface area (Å²) in [7, 11) is 1.57. The number of carbonyl (C=O) groups is 1. The van der Waals surface area contributed by atoms with Crippen LogP contribution < -0.4 is 21.0 Å². The van der Waals surface area contributed by atoms with E-state index in [9.17, 15) is 9.59 Å². The zero-order valence-electron chi connectivity index (χ0n) is 19.8. The van der Waals surface area contributed by atoms with Crippen LogP contribution in [0.5, 0.6) is 5.75 Å². The van der Waals surface area contributed by atoms with Crippen LogP contribution in [-0.4, -0.2) is 13.0 Å². The molecular weight excluding hydrogens is 428 g/mol. The lowest BCUT2D eigenvalue weighted by Gasteiger charge is -2.14. The molecule has 6 nitrogen and oxygen atoms in total. The number of methoxy groups -OCH3 is 1. The number of para-hydroxylation sites is 2. The third-order valence-electron chi connectivity index (χ3n) is 5.82. The van der Waals surface area contributed by atoms with E-state index in [-0.39, 0.29) is 11.5 Å². The predicted octanol–water partition coefficient (Wildman–Crippen LogP) is 6.10. The summed E-state index contributed by atoms with van der Waals surface area (Å²) < 4.78 is 10.7. The molecule has 0 aliphatic rings. The molecule has 4 rings (SSSR count). The molecule has 0 saturated carbocycles. The number of amides is 1. The van der Waals surface area contributed by atoms with Crippen molar-refractivity contribution in [2.45, 2.75) is 33.2 Å². The van der Waals surface area contributed by atoms with Gasteiger partial charge in [-0.1, -0.05) is 26.0 Å². The average Bonchev–Trinajstić information content (AvgIpc) is 2.82. The number of rotatable bonds is 7. The molecule has 0 bridgehead atoms. The Balaban J connectivity index is 1.51. The zero-order valence-corrected chi connectivity index (χ0v) is 19.8. The van der Waals surface area contributed by atoms with Crippen LogP contribution in [0.4, 0.5) is 11.4 Å². The fourth-order valence-corrected chi connectivity index (χ4v) is 4.04. The lowest BCUT2D eigenvalue weighted by molar-refractivity contribution is 0.102. The highest BCUT2D eigenvalue weighted by molar-refractivity contribution is 6.05. The number of fused-ring (bicyclic) bond motifs is 1. The molecule has 34 heavy (non-hydrogen) atoms. The van der Waals surface area contributed by atoms with E-state index >= 15 is 0 Å². The Morgan fingerprint density at radius 1 is 1.03 bits per heavy atom. The second-order valence-electron chi connectivity index (χ2n) is 8.54. The van der Waals surface area contributed by atoms with Gasteiger partial charge in [0.25, 0.3) is 5.91 Å². The molecule has 1 amide bonds. The standard InChI is InChI=1S/C28H28N2O4/c1-17(2)22-15-23-20(14-27(31)34-26(23)13-18(22)3)16-29-21-11-9-19(10-12-21)28(32)30-24-7-5-6-8-25(24)33-4/h5-15,17,29H,16H2,1-4H3,(H,30,32). The van der Waals surface area contributed by atoms with Gasteiger partial charge in [0.1, 0.15) is 11.3 Å². The topological polar surface area (TPSA) is 80.6 Å². The minimum Gasteiger partial charge on any atom is -0.495 e. The van der Waals surface area contributed by atoms with Crippen molar-refractivity contribution < 1.29 is 13.9 Å². The van der Waals surface area contributed by atoms with Gasteiger partial charge < -0.3 is 19.8 Å². The van der Waals surface area contributed by atoms with Gasteiger partial charge in [0.05, 0.1) is 12.8 Å². The Labute approximate surface area is 198 Å². The predicted molar refractivity (Wildman–Crippen MR) is 136 cm³/mol. The molecule has 0 aliphatic heterocycles. The normalized spacial score (nSPS) is 11.0. The van der Waals surface area contributed by atoms with Crippen LogP contribution in [0, 0.1) is 6.92 Å². The van der Waals surface area contributed by atoms with Crippen molar-refractivity contribution in [1.29, 1.82) is 0 Å². The van der Waals surface area contributed by atoms with Crippen LogP contribution in [0.15, 0.2) is 75.9 Å². The van der Waals surface area contributed by atoms with Crippen LogP contribution >= 0.6 is 0 Å². The lowest BCUT2D eigenvalue weighted by Crippen LogP contribution is -2.12. The van der Waals surface area contributed by atoms with Crippen molar-refractivity contribution >= 4 is 28.3 Å². The number of benzene rings is 3. The third-order valence-corrected chi connectivity index (χ3v) is 5.82. The second-order valence-corrected chi connectivity index (χ2v) is 8.54. The van der Waals surface area contributed by atoms with Crippen molar-refractivity contribution in [3.63, 3.8) is 0 Å². The van der Waals surface area contributed by atoms with E-state index in [1.807, 2.05) is 37.3 Å². The van der Waals surface area contributed by atoms with Crippen molar-refractivity contribution in [3.05, 3.63) is 99.4 Å². The van der Waals surface area contributed by atoms with E-state index in [2.05, 4.69) is 30.5 Å². The molecule has 0 atom stereocenters. The summed E-state index contributed by atoms with van der Waals surface area (Å²) >= 11 is 0. The first-order chi connectivity index (χ1) is 16.4. The number of aryl methyl sites for hydroxylation is 1. The molecule has 0 radical (unpaired) electrons. The Hall–Kier alpha value is -4.06. The Bertz CT molecular complexity index is 1390. The fraction of sp³-hybridized carbons (Fsp3) is 0.214. The molecule has 1 heterocycles. The number of nitrogens with one attached hydrogen (secondary N) is 2. The highest BCUT2D eigenvalue weighted by atomic mass is 16.5. The first-order valence-electron chi connectivity index (χ1n) is 11.2. The fourth-order valence-electron chi connectivity index (χ4n) is 4.04. The summed E-state index contributed by atoms with van der Waals surface area (Å²) in [6.07, 6.45) is 0. The number of hydrogen-bond acceptors (Lipinski definition) is 5. The first kappa shape index (κ1) is 23.1. The van der Waals surface area contributed by atoms with E-state index in [1.54, 1.807) is 31.4 Å². The summed E-state index contributed by atoms with van der Waals surface area (Å²) in [6, 6.07) is 20.0. The van der Waals surface area contributed by atoms with Gasteiger partial charge in [-0.25, -0.2) is 4.79 Å². The summed E-state index contributed by atoms with van der Waals surface area (Å²) in [4.78, 5) is 24.8. The van der Waals surface area contributed by atoms with E-state index in [0.29, 0.717) is 35.0 Å². The maximum absolute atomic E-state index is 12.6. The van der Waals surface area contributed by atoms with Gasteiger partial charge in [-0.15, -0.1) is 0 Å². The van der Waals surface area contributed by atoms with Gasteiger partial charge in [-0.05, 0) is 78.1 Å². The Morgan fingerprint density at radius 2 is 1.76 bits per heavy atom. The molecule has 0 unspecified atom stereocenters. The molecular formula is C28H28N2O4. The first-order valence-corrected chi connectivity index (χ1v) is 11.2. The smallest absolute Gasteiger partial charge is 0.336 e. The van der Waals surface area contributed by atoms with E-state index in [0.717, 1.165) is 22.2 Å². The third kappa shape index (κ3) is 4.96. The van der Waals surface area contributed by atoms with Crippen molar-refractivity contribution in [2.75, 3.05) is 17.7 Å². The van der Waals surface area contributed by atoms with E-state index in [1.165, 1.54) is 11.6 Å². The van der Waals surface area contributed by atoms with Crippen molar-refractivity contribution in [1.82, 2.24) is 0 Å². The van der Waals surface area contributed by atoms with Crippen LogP contribution in [0.3, 0.4) is 0 Å². The van der Waals surface area contributed by atoms with Gasteiger partial charge >= 0.3 is 5.63 Å².